The van der Waals surface area contributed by atoms with Gasteiger partial charge in [-0.15, -0.1) is 6.42 Å². The number of hydrogen-bond acceptors (Lipinski definition) is 4. The summed E-state index contributed by atoms with van der Waals surface area (Å²) in [6.07, 6.45) is 6.39. The van der Waals surface area contributed by atoms with E-state index in [1.807, 2.05) is 0 Å². The van der Waals surface area contributed by atoms with Crippen LogP contribution in [0.5, 0.6) is 0 Å². The molecule has 1 amide bonds. The number of carbonyl (C=O) groups excluding carboxylic acids is 1. The fraction of sp³-hybridized carbons (Fsp3) is 0.0526. The van der Waals surface area contributed by atoms with Crippen molar-refractivity contribution in [1.82, 2.24) is 14.5 Å². The second-order valence-corrected chi connectivity index (χ2v) is 7.29. The summed E-state index contributed by atoms with van der Waals surface area (Å²) >= 11 is 0. The summed E-state index contributed by atoms with van der Waals surface area (Å²) in [5.74, 6) is 1.50. The summed E-state index contributed by atoms with van der Waals surface area (Å²) in [7, 11) is -3.93. The minimum Gasteiger partial charge on any atom is -0.341 e. The Kier molecular flexibility index (Phi) is 5.05. The van der Waals surface area contributed by atoms with Crippen molar-refractivity contribution in [3.8, 4) is 23.6 Å². The van der Waals surface area contributed by atoms with Gasteiger partial charge in [0, 0.05) is 17.3 Å². The van der Waals surface area contributed by atoms with E-state index in [0.717, 1.165) is 4.09 Å². The van der Waals surface area contributed by atoms with Crippen molar-refractivity contribution in [2.24, 2.45) is 0 Å². The molecule has 0 saturated heterocycles. The molecular weight excluding hydrogens is 369 g/mol. The van der Waals surface area contributed by atoms with Gasteiger partial charge in [-0.2, -0.15) is 17.6 Å². The Morgan fingerprint density at radius 2 is 1.78 bits per heavy atom. The van der Waals surface area contributed by atoms with Crippen molar-refractivity contribution in [2.45, 2.75) is 4.90 Å². The molecule has 0 aliphatic heterocycles. The molecule has 0 aliphatic rings. The van der Waals surface area contributed by atoms with Crippen LogP contribution in [0.1, 0.15) is 10.4 Å². The number of aromatic nitrogens is 2. The molecule has 0 unspecified atom stereocenters. The van der Waals surface area contributed by atoms with Crippen LogP contribution in [-0.4, -0.2) is 30.1 Å². The van der Waals surface area contributed by atoms with E-state index in [-0.39, 0.29) is 17.0 Å². The number of carbonyl (C=O) groups is 1. The fourth-order valence-electron chi connectivity index (χ4n) is 2.34. The number of nitrogens with zero attached hydrogens (tertiary/aromatic N) is 2. The third-order valence-electron chi connectivity index (χ3n) is 3.72. The standard InChI is InChI=1S/C19H14FN3O3S/c1-2-12-21-19(24)15-5-9-17(10-6-15)27(25,26)23-13-11-18(22-23)14-3-7-16(20)8-4-14/h1,3-11,13H,12H2,(H,21,24). The van der Waals surface area contributed by atoms with Crippen LogP contribution in [-0.2, 0) is 10.0 Å². The highest BCUT2D eigenvalue weighted by molar-refractivity contribution is 7.89. The van der Waals surface area contributed by atoms with Crippen LogP contribution in [0.15, 0.2) is 65.7 Å². The fourth-order valence-corrected chi connectivity index (χ4v) is 3.45. The summed E-state index contributed by atoms with van der Waals surface area (Å²) in [5, 5.41) is 6.56. The molecule has 1 heterocycles. The molecule has 0 atom stereocenters. The molecule has 0 fully saturated rings. The van der Waals surface area contributed by atoms with E-state index in [1.165, 1.54) is 60.8 Å². The minimum absolute atomic E-state index is 0.0234. The highest BCUT2D eigenvalue weighted by Crippen LogP contribution is 2.20. The van der Waals surface area contributed by atoms with E-state index in [9.17, 15) is 17.6 Å². The molecule has 2 aromatic carbocycles. The largest absolute Gasteiger partial charge is 0.341 e. The van der Waals surface area contributed by atoms with Crippen LogP contribution in [0.3, 0.4) is 0 Å². The number of nitrogens with one attached hydrogen (secondary N) is 1. The summed E-state index contributed by atoms with van der Waals surface area (Å²) in [5.41, 5.74) is 1.27. The Hall–Kier alpha value is -3.44. The molecule has 27 heavy (non-hydrogen) atoms. The molecule has 1 N–H and O–H groups in total. The van der Waals surface area contributed by atoms with Gasteiger partial charge in [-0.1, -0.05) is 5.92 Å². The number of amides is 1. The van der Waals surface area contributed by atoms with Gasteiger partial charge in [0.1, 0.15) is 5.82 Å². The van der Waals surface area contributed by atoms with Crippen LogP contribution < -0.4 is 5.32 Å². The normalized spacial score (nSPS) is 11.0. The van der Waals surface area contributed by atoms with Gasteiger partial charge >= 0.3 is 0 Å². The SMILES string of the molecule is C#CCNC(=O)c1ccc(S(=O)(=O)n2ccc(-c3ccc(F)cc3)n2)cc1. The zero-order valence-electron chi connectivity index (χ0n) is 14.0. The Labute approximate surface area is 155 Å². The second kappa shape index (κ2) is 7.43. The second-order valence-electron chi connectivity index (χ2n) is 5.50. The maximum atomic E-state index is 13.0. The van der Waals surface area contributed by atoms with Crippen LogP contribution in [0.2, 0.25) is 0 Å². The highest BCUT2D eigenvalue weighted by atomic mass is 32.2. The molecule has 1 aromatic heterocycles. The first kappa shape index (κ1) is 18.4. The van der Waals surface area contributed by atoms with Crippen LogP contribution in [0.4, 0.5) is 4.39 Å². The van der Waals surface area contributed by atoms with Crippen molar-refractivity contribution in [3.63, 3.8) is 0 Å². The first-order valence-electron chi connectivity index (χ1n) is 7.81. The first-order chi connectivity index (χ1) is 12.9. The van der Waals surface area contributed by atoms with Crippen molar-refractivity contribution < 1.29 is 17.6 Å². The van der Waals surface area contributed by atoms with E-state index in [2.05, 4.69) is 16.3 Å². The van der Waals surface area contributed by atoms with Crippen LogP contribution in [0.25, 0.3) is 11.3 Å². The van der Waals surface area contributed by atoms with Crippen molar-refractivity contribution in [3.05, 3.63) is 72.2 Å². The maximum absolute atomic E-state index is 13.0. The molecule has 136 valence electrons. The van der Waals surface area contributed by atoms with Gasteiger partial charge in [0.25, 0.3) is 15.9 Å². The van der Waals surface area contributed by atoms with Crippen molar-refractivity contribution >= 4 is 15.9 Å². The number of rotatable bonds is 5. The minimum atomic E-state index is -3.93. The van der Waals surface area contributed by atoms with E-state index in [4.69, 9.17) is 6.42 Å². The van der Waals surface area contributed by atoms with Gasteiger partial charge in [-0.05, 0) is 54.6 Å². The zero-order chi connectivity index (χ0) is 19.4. The van der Waals surface area contributed by atoms with Gasteiger partial charge in [-0.25, -0.2) is 4.39 Å². The van der Waals surface area contributed by atoms with E-state index in [0.29, 0.717) is 11.3 Å². The smallest absolute Gasteiger partial charge is 0.282 e. The Balaban J connectivity index is 1.85. The van der Waals surface area contributed by atoms with Gasteiger partial charge in [0.05, 0.1) is 17.1 Å². The molecule has 0 aliphatic carbocycles. The molecule has 0 saturated carbocycles. The topological polar surface area (TPSA) is 81.1 Å². The van der Waals surface area contributed by atoms with Crippen LogP contribution in [0, 0.1) is 18.2 Å². The Bertz CT molecular complexity index is 1110. The molecular formula is C19H14FN3O3S. The summed E-state index contributed by atoms with van der Waals surface area (Å²) < 4.78 is 39.2. The predicted molar refractivity (Wildman–Crippen MR) is 97.8 cm³/mol. The van der Waals surface area contributed by atoms with Gasteiger partial charge < -0.3 is 5.32 Å². The van der Waals surface area contributed by atoms with Gasteiger partial charge in [-0.3, -0.25) is 4.79 Å². The van der Waals surface area contributed by atoms with E-state index in [1.54, 1.807) is 0 Å². The van der Waals surface area contributed by atoms with Crippen molar-refractivity contribution in [2.75, 3.05) is 6.54 Å². The highest BCUT2D eigenvalue weighted by Gasteiger charge is 2.19. The Morgan fingerprint density at radius 1 is 1.11 bits per heavy atom. The summed E-state index contributed by atoms with van der Waals surface area (Å²) in [6.45, 7) is 0.0817. The molecule has 0 radical (unpaired) electrons. The van der Waals surface area contributed by atoms with E-state index < -0.39 is 21.7 Å². The lowest BCUT2D eigenvalue weighted by atomic mass is 10.1. The number of benzene rings is 2. The zero-order valence-corrected chi connectivity index (χ0v) is 14.8. The number of halogens is 1. The lowest BCUT2D eigenvalue weighted by Crippen LogP contribution is -2.23. The Morgan fingerprint density at radius 3 is 2.41 bits per heavy atom. The predicted octanol–water partition coefficient (Wildman–Crippen LogP) is 2.29. The van der Waals surface area contributed by atoms with Crippen molar-refractivity contribution in [1.29, 1.82) is 0 Å². The summed E-state index contributed by atoms with van der Waals surface area (Å²) in [6, 6.07) is 12.5. The van der Waals surface area contributed by atoms with Gasteiger partial charge in [0.15, 0.2) is 0 Å². The van der Waals surface area contributed by atoms with Crippen LogP contribution >= 0.6 is 0 Å². The third-order valence-corrected chi connectivity index (χ3v) is 5.28. The quantitative estimate of drug-likeness (QED) is 0.686. The summed E-state index contributed by atoms with van der Waals surface area (Å²) in [4.78, 5) is 11.8. The van der Waals surface area contributed by atoms with E-state index >= 15 is 0 Å². The number of hydrogen-bond donors (Lipinski definition) is 1. The number of terminal acetylenes is 1. The third kappa shape index (κ3) is 3.88. The first-order valence-corrected chi connectivity index (χ1v) is 9.25. The molecule has 0 bridgehead atoms. The monoisotopic (exact) mass is 383 g/mol. The molecule has 8 heteroatoms. The molecule has 3 rings (SSSR count). The van der Waals surface area contributed by atoms with Gasteiger partial charge in [0.2, 0.25) is 0 Å². The lowest BCUT2D eigenvalue weighted by molar-refractivity contribution is 0.0958. The molecule has 0 spiro atoms. The average molecular weight is 383 g/mol. The molecule has 3 aromatic rings. The molecule has 6 nitrogen and oxygen atoms in total. The average Bonchev–Trinajstić information content (AvgIpc) is 3.18. The lowest BCUT2D eigenvalue weighted by Gasteiger charge is -2.06. The maximum Gasteiger partial charge on any atom is 0.282 e.